The number of nitrogens with one attached hydrogen (secondary N) is 1. The van der Waals surface area contributed by atoms with Gasteiger partial charge in [-0.3, -0.25) is 19.6 Å². The second-order valence-electron chi connectivity index (χ2n) is 8.86. The number of halogens is 1. The molecule has 1 aromatic rings. The Kier molecular flexibility index (Phi) is 11.7. The molecule has 32 heavy (non-hydrogen) atoms. The lowest BCUT2D eigenvalue weighted by Gasteiger charge is -2.36. The Morgan fingerprint density at radius 1 is 1.06 bits per heavy atom. The van der Waals surface area contributed by atoms with Crippen LogP contribution in [0.2, 0.25) is 0 Å². The van der Waals surface area contributed by atoms with E-state index in [1.54, 1.807) is 0 Å². The number of nitrogens with zero attached hydrogens (tertiary/aromatic N) is 5. The van der Waals surface area contributed by atoms with Crippen LogP contribution < -0.4 is 5.32 Å². The van der Waals surface area contributed by atoms with Gasteiger partial charge in [0.05, 0.1) is 6.54 Å². The molecule has 2 aliphatic rings. The van der Waals surface area contributed by atoms with Crippen LogP contribution in [-0.4, -0.2) is 104 Å². The van der Waals surface area contributed by atoms with E-state index in [0.29, 0.717) is 18.5 Å². The van der Waals surface area contributed by atoms with Crippen molar-refractivity contribution in [3.05, 3.63) is 35.9 Å². The molecule has 2 aliphatic heterocycles. The maximum Gasteiger partial charge on any atom is 0.236 e. The molecule has 0 aliphatic carbocycles. The van der Waals surface area contributed by atoms with Crippen LogP contribution in [0.25, 0.3) is 0 Å². The summed E-state index contributed by atoms with van der Waals surface area (Å²) in [7, 11) is 4.05. The summed E-state index contributed by atoms with van der Waals surface area (Å²) in [5.41, 5.74) is 1.35. The van der Waals surface area contributed by atoms with Crippen molar-refractivity contribution in [2.45, 2.75) is 38.8 Å². The monoisotopic (exact) mass is 556 g/mol. The zero-order valence-electron chi connectivity index (χ0n) is 20.0. The van der Waals surface area contributed by atoms with Crippen LogP contribution in [0, 0.1) is 0 Å². The minimum absolute atomic E-state index is 0. The average Bonchev–Trinajstić information content (AvgIpc) is 3.33. The molecule has 0 aromatic heterocycles. The SMILES string of the molecule is CN=C(NCCC(C)N(C)Cc1ccccc1)N1CCN(CC(=O)N2CCCC2)CC1.I. The highest BCUT2D eigenvalue weighted by Gasteiger charge is 2.24. The molecule has 1 N–H and O–H groups in total. The summed E-state index contributed by atoms with van der Waals surface area (Å²) >= 11 is 0. The van der Waals surface area contributed by atoms with Crippen molar-refractivity contribution in [3.63, 3.8) is 0 Å². The number of carbonyl (C=O) groups excluding carboxylic acids is 1. The highest BCUT2D eigenvalue weighted by molar-refractivity contribution is 14.0. The van der Waals surface area contributed by atoms with Crippen molar-refractivity contribution in [2.75, 3.05) is 66.5 Å². The minimum atomic E-state index is 0. The van der Waals surface area contributed by atoms with E-state index in [1.807, 2.05) is 11.9 Å². The van der Waals surface area contributed by atoms with E-state index in [2.05, 4.69) is 69.3 Å². The first-order chi connectivity index (χ1) is 15.1. The lowest BCUT2D eigenvalue weighted by Crippen LogP contribution is -2.54. The fourth-order valence-corrected chi connectivity index (χ4v) is 4.35. The van der Waals surface area contributed by atoms with Gasteiger partial charge in [-0.15, -0.1) is 24.0 Å². The standard InChI is InChI=1S/C24H40N6O.HI/c1-21(27(3)19-22-9-5-4-6-10-22)11-12-26-24(25-2)30-17-15-28(16-18-30)20-23(31)29-13-7-8-14-29;/h4-6,9-10,21H,7-8,11-20H2,1-3H3,(H,25,26);1H. The molecule has 0 bridgehead atoms. The van der Waals surface area contributed by atoms with Crippen molar-refractivity contribution >= 4 is 35.8 Å². The number of hydrogen-bond acceptors (Lipinski definition) is 4. The number of amides is 1. The van der Waals surface area contributed by atoms with Crippen LogP contribution in [0.3, 0.4) is 0 Å². The normalized spacial score (nSPS) is 18.6. The van der Waals surface area contributed by atoms with Gasteiger partial charge in [-0.25, -0.2) is 0 Å². The van der Waals surface area contributed by atoms with Crippen LogP contribution in [0.4, 0.5) is 0 Å². The van der Waals surface area contributed by atoms with Gasteiger partial charge in [0.15, 0.2) is 5.96 Å². The van der Waals surface area contributed by atoms with E-state index >= 15 is 0 Å². The minimum Gasteiger partial charge on any atom is -0.356 e. The number of hydrogen-bond donors (Lipinski definition) is 1. The summed E-state index contributed by atoms with van der Waals surface area (Å²) in [5, 5.41) is 3.54. The lowest BCUT2D eigenvalue weighted by atomic mass is 10.1. The molecule has 2 heterocycles. The van der Waals surface area contributed by atoms with E-state index in [4.69, 9.17) is 0 Å². The molecule has 180 valence electrons. The molecule has 0 saturated carbocycles. The fourth-order valence-electron chi connectivity index (χ4n) is 4.35. The smallest absolute Gasteiger partial charge is 0.236 e. The Morgan fingerprint density at radius 2 is 1.72 bits per heavy atom. The van der Waals surface area contributed by atoms with Crippen LogP contribution in [-0.2, 0) is 11.3 Å². The molecular weight excluding hydrogens is 515 g/mol. The topological polar surface area (TPSA) is 54.4 Å². The van der Waals surface area contributed by atoms with Gasteiger partial charge in [-0.2, -0.15) is 0 Å². The third-order valence-electron chi connectivity index (χ3n) is 6.57. The molecule has 1 amide bonds. The first-order valence-electron chi connectivity index (χ1n) is 11.8. The predicted molar refractivity (Wildman–Crippen MR) is 143 cm³/mol. The molecule has 1 aromatic carbocycles. The summed E-state index contributed by atoms with van der Waals surface area (Å²) in [6.45, 7) is 10.2. The number of carbonyl (C=O) groups is 1. The lowest BCUT2D eigenvalue weighted by molar-refractivity contribution is -0.131. The van der Waals surface area contributed by atoms with Crippen LogP contribution in [0.1, 0.15) is 31.7 Å². The Hall–Kier alpha value is -1.39. The molecule has 3 rings (SSSR count). The van der Waals surface area contributed by atoms with Crippen molar-refractivity contribution in [2.24, 2.45) is 4.99 Å². The summed E-state index contributed by atoms with van der Waals surface area (Å²) in [6, 6.07) is 11.1. The third-order valence-corrected chi connectivity index (χ3v) is 6.57. The van der Waals surface area contributed by atoms with Gasteiger partial charge in [-0.1, -0.05) is 30.3 Å². The van der Waals surface area contributed by atoms with Gasteiger partial charge in [-0.05, 0) is 38.8 Å². The van der Waals surface area contributed by atoms with Gasteiger partial charge in [0, 0.05) is 65.4 Å². The molecule has 2 saturated heterocycles. The number of guanidine groups is 1. The van der Waals surface area contributed by atoms with E-state index in [0.717, 1.165) is 77.6 Å². The zero-order chi connectivity index (χ0) is 22.1. The molecule has 7 nitrogen and oxygen atoms in total. The Labute approximate surface area is 211 Å². The van der Waals surface area contributed by atoms with Crippen LogP contribution in [0.15, 0.2) is 35.3 Å². The summed E-state index contributed by atoms with van der Waals surface area (Å²) in [6.07, 6.45) is 3.37. The quantitative estimate of drug-likeness (QED) is 0.303. The Balaban J connectivity index is 0.00000363. The Morgan fingerprint density at radius 3 is 2.34 bits per heavy atom. The maximum atomic E-state index is 12.4. The van der Waals surface area contributed by atoms with E-state index < -0.39 is 0 Å². The second kappa shape index (κ2) is 14.0. The first-order valence-corrected chi connectivity index (χ1v) is 11.8. The highest BCUT2D eigenvalue weighted by atomic mass is 127. The van der Waals surface area contributed by atoms with Gasteiger partial charge in [0.2, 0.25) is 5.91 Å². The Bertz CT molecular complexity index is 702. The van der Waals surface area contributed by atoms with Gasteiger partial charge < -0.3 is 15.1 Å². The van der Waals surface area contributed by atoms with E-state index in [1.165, 1.54) is 5.56 Å². The van der Waals surface area contributed by atoms with E-state index in [-0.39, 0.29) is 24.0 Å². The number of aliphatic imine (C=N–C) groups is 1. The maximum absolute atomic E-state index is 12.4. The number of piperazine rings is 1. The molecule has 0 spiro atoms. The summed E-state index contributed by atoms with van der Waals surface area (Å²) in [5.74, 6) is 1.27. The third kappa shape index (κ3) is 8.19. The van der Waals surface area contributed by atoms with Crippen molar-refractivity contribution < 1.29 is 4.79 Å². The first kappa shape index (κ1) is 26.9. The molecule has 1 unspecified atom stereocenters. The summed E-state index contributed by atoms with van der Waals surface area (Å²) < 4.78 is 0. The zero-order valence-corrected chi connectivity index (χ0v) is 22.3. The average molecular weight is 557 g/mol. The molecule has 8 heteroatoms. The summed E-state index contributed by atoms with van der Waals surface area (Å²) in [4.78, 5) is 25.9. The molecule has 2 fully saturated rings. The van der Waals surface area contributed by atoms with E-state index in [9.17, 15) is 4.79 Å². The van der Waals surface area contributed by atoms with Crippen LogP contribution in [0.5, 0.6) is 0 Å². The number of rotatable bonds is 8. The van der Waals surface area contributed by atoms with Gasteiger partial charge in [0.1, 0.15) is 0 Å². The number of likely N-dealkylation sites (tertiary alicyclic amines) is 1. The van der Waals surface area contributed by atoms with Crippen molar-refractivity contribution in [1.82, 2.24) is 24.9 Å². The predicted octanol–water partition coefficient (Wildman–Crippen LogP) is 2.33. The molecule has 1 atom stereocenters. The van der Waals surface area contributed by atoms with Gasteiger partial charge in [0.25, 0.3) is 0 Å². The van der Waals surface area contributed by atoms with Crippen molar-refractivity contribution in [1.29, 1.82) is 0 Å². The van der Waals surface area contributed by atoms with Crippen LogP contribution >= 0.6 is 24.0 Å². The number of benzene rings is 1. The second-order valence-corrected chi connectivity index (χ2v) is 8.86. The largest absolute Gasteiger partial charge is 0.356 e. The highest BCUT2D eigenvalue weighted by Crippen LogP contribution is 2.10. The van der Waals surface area contributed by atoms with Crippen molar-refractivity contribution in [3.8, 4) is 0 Å². The molecular formula is C24H41IN6O. The molecule has 0 radical (unpaired) electrons. The fraction of sp³-hybridized carbons (Fsp3) is 0.667. The van der Waals surface area contributed by atoms with Gasteiger partial charge >= 0.3 is 0 Å².